The van der Waals surface area contributed by atoms with Crippen molar-refractivity contribution in [2.45, 2.75) is 20.4 Å². The number of para-hydroxylation sites is 1. The molecule has 3 nitrogen and oxygen atoms in total. The van der Waals surface area contributed by atoms with E-state index in [1.165, 1.54) is 22.3 Å². The Morgan fingerprint density at radius 3 is 2.71 bits per heavy atom. The molecule has 0 unspecified atom stereocenters. The van der Waals surface area contributed by atoms with E-state index in [9.17, 15) is 0 Å². The van der Waals surface area contributed by atoms with Crippen LogP contribution in [0.15, 0.2) is 42.7 Å². The van der Waals surface area contributed by atoms with Crippen LogP contribution in [-0.4, -0.2) is 14.3 Å². The van der Waals surface area contributed by atoms with Gasteiger partial charge in [0.25, 0.3) is 0 Å². The molecule has 1 aromatic carbocycles. The molecule has 3 aromatic rings. The number of aryl methyl sites for hydroxylation is 1. The molecule has 0 amide bonds. The average molecular weight is 225 g/mol. The van der Waals surface area contributed by atoms with E-state index < -0.39 is 0 Å². The smallest absolute Gasteiger partial charge is 0.0930 e. The molecule has 2 aromatic heterocycles. The quantitative estimate of drug-likeness (QED) is 0.657. The van der Waals surface area contributed by atoms with Crippen molar-refractivity contribution in [2.75, 3.05) is 0 Å². The monoisotopic (exact) mass is 225 g/mol. The second-order valence-electron chi connectivity index (χ2n) is 4.15. The Labute approximate surface area is 100 Å². The van der Waals surface area contributed by atoms with Crippen LogP contribution >= 0.6 is 0 Å². The van der Waals surface area contributed by atoms with E-state index in [1.54, 1.807) is 0 Å². The van der Waals surface area contributed by atoms with Crippen LogP contribution in [0.25, 0.3) is 16.6 Å². The van der Waals surface area contributed by atoms with Crippen molar-refractivity contribution >= 4 is 10.9 Å². The van der Waals surface area contributed by atoms with E-state index in [0.717, 1.165) is 6.54 Å². The first-order chi connectivity index (χ1) is 8.33. The lowest BCUT2D eigenvalue weighted by molar-refractivity contribution is 0.756. The van der Waals surface area contributed by atoms with Crippen molar-refractivity contribution in [1.82, 2.24) is 14.3 Å². The third-order valence-electron chi connectivity index (χ3n) is 3.25. The minimum absolute atomic E-state index is 0.980. The van der Waals surface area contributed by atoms with Gasteiger partial charge in [-0.1, -0.05) is 18.2 Å². The summed E-state index contributed by atoms with van der Waals surface area (Å²) in [7, 11) is 0. The fourth-order valence-corrected chi connectivity index (χ4v) is 2.51. The normalized spacial score (nSPS) is 11.2. The highest BCUT2D eigenvalue weighted by Crippen LogP contribution is 2.28. The lowest BCUT2D eigenvalue weighted by Crippen LogP contribution is -2.00. The van der Waals surface area contributed by atoms with E-state index in [0.29, 0.717) is 0 Å². The Kier molecular flexibility index (Phi) is 2.25. The molecule has 0 radical (unpaired) electrons. The van der Waals surface area contributed by atoms with Gasteiger partial charge in [-0.05, 0) is 26.0 Å². The summed E-state index contributed by atoms with van der Waals surface area (Å²) in [6, 6.07) is 10.4. The Balaban J connectivity index is 2.42. The molecule has 0 aliphatic heterocycles. The van der Waals surface area contributed by atoms with Crippen LogP contribution in [0.4, 0.5) is 0 Å². The maximum absolute atomic E-state index is 4.35. The zero-order chi connectivity index (χ0) is 11.8. The molecule has 0 spiro atoms. The van der Waals surface area contributed by atoms with Crippen molar-refractivity contribution in [3.05, 3.63) is 48.4 Å². The Hall–Kier alpha value is -2.03. The molecule has 0 saturated carbocycles. The van der Waals surface area contributed by atoms with Gasteiger partial charge in [-0.2, -0.15) is 5.10 Å². The van der Waals surface area contributed by atoms with Gasteiger partial charge in [-0.15, -0.1) is 0 Å². The minimum Gasteiger partial charge on any atom is -0.343 e. The van der Waals surface area contributed by atoms with Crippen molar-refractivity contribution in [1.29, 1.82) is 0 Å². The van der Waals surface area contributed by atoms with Gasteiger partial charge in [0, 0.05) is 30.0 Å². The van der Waals surface area contributed by atoms with Gasteiger partial charge in [-0.3, -0.25) is 0 Å². The highest BCUT2D eigenvalue weighted by Gasteiger charge is 2.13. The number of hydrogen-bond acceptors (Lipinski definition) is 1. The number of nitrogens with zero attached hydrogens (tertiary/aromatic N) is 3. The summed E-state index contributed by atoms with van der Waals surface area (Å²) in [5, 5.41) is 5.61. The zero-order valence-corrected chi connectivity index (χ0v) is 10.1. The van der Waals surface area contributed by atoms with Crippen molar-refractivity contribution in [3.8, 4) is 5.69 Å². The number of aromatic nitrogens is 3. The van der Waals surface area contributed by atoms with E-state index in [4.69, 9.17) is 0 Å². The van der Waals surface area contributed by atoms with E-state index in [1.807, 2.05) is 23.1 Å². The number of hydrogen-bond donors (Lipinski definition) is 0. The van der Waals surface area contributed by atoms with Crippen LogP contribution in [0.5, 0.6) is 0 Å². The fourth-order valence-electron chi connectivity index (χ4n) is 2.51. The van der Waals surface area contributed by atoms with Gasteiger partial charge in [0.1, 0.15) is 0 Å². The Morgan fingerprint density at radius 1 is 1.18 bits per heavy atom. The lowest BCUT2D eigenvalue weighted by Gasteiger charge is -2.04. The zero-order valence-electron chi connectivity index (χ0n) is 10.1. The second-order valence-corrected chi connectivity index (χ2v) is 4.15. The third kappa shape index (κ3) is 1.39. The first kappa shape index (κ1) is 10.1. The number of benzene rings is 1. The third-order valence-corrected chi connectivity index (χ3v) is 3.25. The van der Waals surface area contributed by atoms with Gasteiger partial charge in [0.2, 0.25) is 0 Å². The molecular formula is C14H15N3. The number of fused-ring (bicyclic) bond motifs is 1. The molecule has 3 rings (SSSR count). The molecule has 0 N–H and O–H groups in total. The van der Waals surface area contributed by atoms with Gasteiger partial charge in [0.15, 0.2) is 0 Å². The summed E-state index contributed by atoms with van der Waals surface area (Å²) in [6.07, 6.45) is 3.81. The van der Waals surface area contributed by atoms with Crippen molar-refractivity contribution in [3.63, 3.8) is 0 Å². The fraction of sp³-hybridized carbons (Fsp3) is 0.214. The Bertz CT molecular complexity index is 647. The molecule has 0 aliphatic rings. The number of rotatable bonds is 2. The predicted molar refractivity (Wildman–Crippen MR) is 69.5 cm³/mol. The lowest BCUT2D eigenvalue weighted by atomic mass is 10.2. The summed E-state index contributed by atoms with van der Waals surface area (Å²) in [5.74, 6) is 0. The predicted octanol–water partition coefficient (Wildman–Crippen LogP) is 3.16. The van der Waals surface area contributed by atoms with E-state index in [-0.39, 0.29) is 0 Å². The van der Waals surface area contributed by atoms with Crippen LogP contribution in [0, 0.1) is 6.92 Å². The van der Waals surface area contributed by atoms with Crippen LogP contribution in [0.2, 0.25) is 0 Å². The molecule has 86 valence electrons. The standard InChI is InChI=1S/C14H15N3/c1-3-16-11(2)14(17-10-6-9-15-17)12-7-4-5-8-13(12)16/h4-10H,3H2,1-2H3. The minimum atomic E-state index is 0.980. The average Bonchev–Trinajstić information content (AvgIpc) is 2.93. The maximum atomic E-state index is 4.35. The van der Waals surface area contributed by atoms with Gasteiger partial charge >= 0.3 is 0 Å². The summed E-state index contributed by atoms with van der Waals surface area (Å²) in [6.45, 7) is 5.31. The molecule has 2 heterocycles. The molecule has 17 heavy (non-hydrogen) atoms. The molecule has 3 heteroatoms. The van der Waals surface area contributed by atoms with Crippen LogP contribution in [-0.2, 0) is 6.54 Å². The first-order valence-electron chi connectivity index (χ1n) is 5.90. The SMILES string of the molecule is CCn1c(C)c(-n2cccn2)c2ccccc21. The van der Waals surface area contributed by atoms with Gasteiger partial charge in [0.05, 0.1) is 11.2 Å². The van der Waals surface area contributed by atoms with Crippen molar-refractivity contribution in [2.24, 2.45) is 0 Å². The van der Waals surface area contributed by atoms with Crippen LogP contribution in [0.3, 0.4) is 0 Å². The van der Waals surface area contributed by atoms with Crippen molar-refractivity contribution < 1.29 is 0 Å². The van der Waals surface area contributed by atoms with Gasteiger partial charge in [-0.25, -0.2) is 4.68 Å². The maximum Gasteiger partial charge on any atom is 0.0930 e. The highest BCUT2D eigenvalue weighted by molar-refractivity contribution is 5.90. The largest absolute Gasteiger partial charge is 0.343 e. The second kappa shape index (κ2) is 3.77. The molecule has 0 saturated heterocycles. The Morgan fingerprint density at radius 2 is 2.00 bits per heavy atom. The molecule has 0 fully saturated rings. The molecule has 0 bridgehead atoms. The summed E-state index contributed by atoms with van der Waals surface area (Å²) >= 11 is 0. The summed E-state index contributed by atoms with van der Waals surface area (Å²) < 4.78 is 4.27. The molecule has 0 aliphatic carbocycles. The van der Waals surface area contributed by atoms with E-state index in [2.05, 4.69) is 47.8 Å². The van der Waals surface area contributed by atoms with Crippen LogP contribution in [0.1, 0.15) is 12.6 Å². The summed E-state index contributed by atoms with van der Waals surface area (Å²) in [4.78, 5) is 0. The van der Waals surface area contributed by atoms with Crippen LogP contribution < -0.4 is 0 Å². The summed E-state index contributed by atoms with van der Waals surface area (Å²) in [5.41, 5.74) is 3.72. The highest BCUT2D eigenvalue weighted by atomic mass is 15.3. The van der Waals surface area contributed by atoms with E-state index >= 15 is 0 Å². The molecular weight excluding hydrogens is 210 g/mol. The topological polar surface area (TPSA) is 22.8 Å². The first-order valence-corrected chi connectivity index (χ1v) is 5.90. The molecule has 0 atom stereocenters. The van der Waals surface area contributed by atoms with Gasteiger partial charge < -0.3 is 4.57 Å².